The molecule has 0 atom stereocenters. The van der Waals surface area contributed by atoms with Crippen LogP contribution in [0.15, 0.2) is 24.3 Å². The highest BCUT2D eigenvalue weighted by atomic mass is 28.3. The Bertz CT molecular complexity index is 290. The summed E-state index contributed by atoms with van der Waals surface area (Å²) in [5.41, 5.74) is 0. The first-order valence-corrected chi connectivity index (χ1v) is 8.58. The van der Waals surface area contributed by atoms with Gasteiger partial charge in [0, 0.05) is 6.04 Å². The molecule has 2 rings (SSSR count). The highest BCUT2D eigenvalue weighted by molar-refractivity contribution is 6.47. The molecular formula is C15H28O2Si. The van der Waals surface area contributed by atoms with Crippen LogP contribution in [0.2, 0.25) is 6.04 Å². The van der Waals surface area contributed by atoms with E-state index in [9.17, 15) is 0 Å². The van der Waals surface area contributed by atoms with Crippen LogP contribution in [0.5, 0.6) is 11.5 Å². The van der Waals surface area contributed by atoms with Crippen LogP contribution in [0.25, 0.3) is 0 Å². The lowest BCUT2D eigenvalue weighted by Crippen LogP contribution is -2.23. The van der Waals surface area contributed by atoms with Gasteiger partial charge in [0.1, 0.15) is 11.5 Å². The summed E-state index contributed by atoms with van der Waals surface area (Å²) in [4.78, 5) is 0. The summed E-state index contributed by atoms with van der Waals surface area (Å²) < 4.78 is 11.6. The van der Waals surface area contributed by atoms with Crippen molar-refractivity contribution in [3.8, 4) is 11.5 Å². The van der Waals surface area contributed by atoms with Gasteiger partial charge in [-0.25, -0.2) is 0 Å². The molecular weight excluding hydrogens is 240 g/mol. The summed E-state index contributed by atoms with van der Waals surface area (Å²) in [5, 5.41) is 0. The fourth-order valence-corrected chi connectivity index (χ4v) is 3.67. The molecule has 104 valence electrons. The molecule has 0 bridgehead atoms. The fraction of sp³-hybridized carbons (Fsp3) is 0.600. The smallest absolute Gasteiger partial charge is 0.444 e. The molecule has 1 aromatic rings. The first-order valence-electron chi connectivity index (χ1n) is 6.82. The van der Waals surface area contributed by atoms with Crippen molar-refractivity contribution >= 4 is 9.28 Å². The quantitative estimate of drug-likeness (QED) is 0.557. The topological polar surface area (TPSA) is 18.5 Å². The maximum atomic E-state index is 5.80. The lowest BCUT2D eigenvalue weighted by Gasteiger charge is -2.06. The van der Waals surface area contributed by atoms with E-state index >= 15 is 0 Å². The average Bonchev–Trinajstić information content (AvgIpc) is 2.80. The number of benzene rings is 1. The van der Waals surface area contributed by atoms with E-state index in [1.165, 1.54) is 25.7 Å². The molecule has 1 aliphatic rings. The number of rotatable bonds is 5. The van der Waals surface area contributed by atoms with Gasteiger partial charge in [0.05, 0.1) is 0 Å². The van der Waals surface area contributed by atoms with Gasteiger partial charge in [0.2, 0.25) is 0 Å². The van der Waals surface area contributed by atoms with E-state index in [2.05, 4.69) is 6.92 Å². The molecule has 0 aromatic heterocycles. The lowest BCUT2D eigenvalue weighted by atomic mass is 10.2. The van der Waals surface area contributed by atoms with Crippen LogP contribution in [0.4, 0.5) is 0 Å². The summed E-state index contributed by atoms with van der Waals surface area (Å²) in [6, 6.07) is 9.11. The molecule has 18 heavy (non-hydrogen) atoms. The second-order valence-corrected chi connectivity index (χ2v) is 5.87. The Hall–Kier alpha value is -0.963. The summed E-state index contributed by atoms with van der Waals surface area (Å²) in [6.07, 6.45) is 5.17. The minimum atomic E-state index is -1.41. The van der Waals surface area contributed by atoms with Gasteiger partial charge in [-0.2, -0.15) is 0 Å². The minimum Gasteiger partial charge on any atom is -0.511 e. The Kier molecular flexibility index (Phi) is 9.47. The van der Waals surface area contributed by atoms with Gasteiger partial charge in [-0.05, 0) is 18.6 Å². The maximum Gasteiger partial charge on any atom is 0.444 e. The molecule has 1 aromatic carbocycles. The summed E-state index contributed by atoms with van der Waals surface area (Å²) in [7, 11) is -1.41. The SMILES string of the molecule is C.CC.CCCCCC[SiH]1Oc2ccccc2O1. The Labute approximate surface area is 114 Å². The van der Waals surface area contributed by atoms with Gasteiger partial charge in [0.25, 0.3) is 0 Å². The van der Waals surface area contributed by atoms with Gasteiger partial charge >= 0.3 is 9.28 Å². The highest BCUT2D eigenvalue weighted by Gasteiger charge is 2.25. The van der Waals surface area contributed by atoms with Crippen molar-refractivity contribution in [1.82, 2.24) is 0 Å². The molecule has 0 fully saturated rings. The third-order valence-corrected chi connectivity index (χ3v) is 4.57. The van der Waals surface area contributed by atoms with Crippen LogP contribution in [-0.4, -0.2) is 9.28 Å². The fourth-order valence-electron chi connectivity index (χ4n) is 1.81. The molecule has 0 N–H and O–H groups in total. The molecule has 0 spiro atoms. The molecule has 3 heteroatoms. The Morgan fingerprint density at radius 1 is 0.944 bits per heavy atom. The van der Waals surface area contributed by atoms with Gasteiger partial charge in [-0.1, -0.05) is 59.6 Å². The Morgan fingerprint density at radius 3 is 2.00 bits per heavy atom. The van der Waals surface area contributed by atoms with E-state index in [1.54, 1.807) is 0 Å². The Morgan fingerprint density at radius 2 is 1.50 bits per heavy atom. The minimum absolute atomic E-state index is 0. The van der Waals surface area contributed by atoms with Crippen molar-refractivity contribution in [1.29, 1.82) is 0 Å². The van der Waals surface area contributed by atoms with Crippen molar-refractivity contribution in [3.05, 3.63) is 24.3 Å². The zero-order valence-corrected chi connectivity index (χ0v) is 12.4. The number of hydrogen-bond acceptors (Lipinski definition) is 2. The van der Waals surface area contributed by atoms with Crippen LogP contribution in [-0.2, 0) is 0 Å². The van der Waals surface area contributed by atoms with Crippen molar-refractivity contribution in [2.45, 2.75) is 59.9 Å². The predicted molar refractivity (Wildman–Crippen MR) is 81.9 cm³/mol. The first kappa shape index (κ1) is 17.0. The molecule has 1 heterocycles. The zero-order valence-electron chi connectivity index (χ0n) is 11.2. The van der Waals surface area contributed by atoms with Crippen molar-refractivity contribution in [2.75, 3.05) is 0 Å². The third kappa shape index (κ3) is 5.13. The molecule has 0 unspecified atom stereocenters. The highest BCUT2D eigenvalue weighted by Crippen LogP contribution is 2.33. The normalized spacial score (nSPS) is 12.4. The monoisotopic (exact) mass is 268 g/mol. The van der Waals surface area contributed by atoms with Crippen molar-refractivity contribution < 1.29 is 8.85 Å². The molecule has 0 saturated heterocycles. The van der Waals surface area contributed by atoms with Crippen LogP contribution in [0.1, 0.15) is 53.9 Å². The van der Waals surface area contributed by atoms with Crippen molar-refractivity contribution in [3.63, 3.8) is 0 Å². The van der Waals surface area contributed by atoms with Crippen LogP contribution >= 0.6 is 0 Å². The van der Waals surface area contributed by atoms with Gasteiger partial charge in [0.15, 0.2) is 0 Å². The summed E-state index contributed by atoms with van der Waals surface area (Å²) in [5.74, 6) is 1.90. The van der Waals surface area contributed by atoms with E-state index in [0.717, 1.165) is 17.5 Å². The zero-order chi connectivity index (χ0) is 12.5. The second-order valence-electron chi connectivity index (χ2n) is 3.96. The van der Waals surface area contributed by atoms with Gasteiger partial charge < -0.3 is 8.85 Å². The maximum absolute atomic E-state index is 5.80. The molecule has 0 saturated carbocycles. The van der Waals surface area contributed by atoms with Gasteiger partial charge in [-0.15, -0.1) is 0 Å². The average molecular weight is 268 g/mol. The molecule has 2 nitrogen and oxygen atoms in total. The predicted octanol–water partition coefficient (Wildman–Crippen LogP) is 4.92. The lowest BCUT2D eigenvalue weighted by molar-refractivity contribution is 0.489. The number of fused-ring (bicyclic) bond motifs is 1. The number of para-hydroxylation sites is 2. The van der Waals surface area contributed by atoms with Crippen LogP contribution < -0.4 is 8.85 Å². The molecule has 1 aliphatic heterocycles. The van der Waals surface area contributed by atoms with E-state index in [4.69, 9.17) is 8.85 Å². The van der Waals surface area contributed by atoms with E-state index in [-0.39, 0.29) is 7.43 Å². The summed E-state index contributed by atoms with van der Waals surface area (Å²) in [6.45, 7) is 6.23. The van der Waals surface area contributed by atoms with Gasteiger partial charge in [-0.3, -0.25) is 0 Å². The third-order valence-electron chi connectivity index (χ3n) is 2.66. The largest absolute Gasteiger partial charge is 0.511 e. The van der Waals surface area contributed by atoms with E-state index in [0.29, 0.717) is 0 Å². The molecule has 0 aliphatic carbocycles. The molecule has 0 amide bonds. The van der Waals surface area contributed by atoms with Crippen LogP contribution in [0, 0.1) is 0 Å². The van der Waals surface area contributed by atoms with E-state index < -0.39 is 9.28 Å². The standard InChI is InChI=1S/C12H18O2Si.C2H6.CH4/c1-2-3-4-7-10-15-13-11-8-5-6-9-12(11)14-15;1-2;/h5-6,8-9,15H,2-4,7,10H2,1H3;1-2H3;1H4. The second kappa shape index (κ2) is 10.0. The summed E-state index contributed by atoms with van der Waals surface area (Å²) >= 11 is 0. The first-order chi connectivity index (χ1) is 8.40. The number of unbranched alkanes of at least 4 members (excludes halogenated alkanes) is 3. The Balaban J connectivity index is 0.000000917. The van der Waals surface area contributed by atoms with Crippen molar-refractivity contribution in [2.24, 2.45) is 0 Å². The van der Waals surface area contributed by atoms with Crippen LogP contribution in [0.3, 0.4) is 0 Å². The number of hydrogen-bond donors (Lipinski definition) is 0. The molecule has 0 radical (unpaired) electrons. The van der Waals surface area contributed by atoms with E-state index in [1.807, 2.05) is 38.1 Å².